The van der Waals surface area contributed by atoms with Crippen molar-refractivity contribution in [3.8, 4) is 5.75 Å². The molecule has 3 aromatic heterocycles. The summed E-state index contributed by atoms with van der Waals surface area (Å²) in [5.41, 5.74) is 0.601. The maximum absolute atomic E-state index is 11.9. The molecule has 0 saturated carbocycles. The van der Waals surface area contributed by atoms with E-state index in [4.69, 9.17) is 16.0 Å². The van der Waals surface area contributed by atoms with E-state index in [0.717, 1.165) is 29.5 Å². The van der Waals surface area contributed by atoms with Gasteiger partial charge in [-0.3, -0.25) is 0 Å². The molecule has 0 unspecified atom stereocenters. The zero-order chi connectivity index (χ0) is 19.7. The average molecular weight is 434 g/mol. The van der Waals surface area contributed by atoms with E-state index >= 15 is 0 Å². The maximum atomic E-state index is 11.9. The fourth-order valence-corrected chi connectivity index (χ4v) is 4.76. The molecule has 4 aromatic rings. The summed E-state index contributed by atoms with van der Waals surface area (Å²) in [5.74, 6) is 1.23. The van der Waals surface area contributed by atoms with E-state index in [0.29, 0.717) is 16.7 Å². The van der Waals surface area contributed by atoms with Crippen molar-refractivity contribution >= 4 is 45.7 Å². The SMILES string of the molecule is Cc1nnc(SCc2cc(=O)oc3cc(O)c(Cl)cc23)n1CCc1cccs1. The standard InChI is InChI=1S/C19H16ClN3O3S2/c1-11-21-22-19(23(11)5-4-13-3-2-6-27-13)28-10-12-7-18(25)26-17-9-16(24)15(20)8-14(12)17/h2-3,6-9,24H,4-5,10H2,1H3. The lowest BCUT2D eigenvalue weighted by Gasteiger charge is -2.09. The number of hydrogen-bond acceptors (Lipinski definition) is 7. The number of hydrogen-bond donors (Lipinski definition) is 1. The number of halogens is 1. The van der Waals surface area contributed by atoms with Gasteiger partial charge in [0, 0.05) is 34.7 Å². The number of aromatic hydroxyl groups is 1. The van der Waals surface area contributed by atoms with Gasteiger partial charge < -0.3 is 14.1 Å². The van der Waals surface area contributed by atoms with Crippen LogP contribution in [0, 0.1) is 6.92 Å². The Hall–Kier alpha value is -2.29. The minimum atomic E-state index is -0.472. The van der Waals surface area contributed by atoms with Crippen molar-refractivity contribution in [3.05, 3.63) is 67.4 Å². The molecule has 0 amide bonds. The number of aryl methyl sites for hydroxylation is 2. The number of nitrogens with zero attached hydrogens (tertiary/aromatic N) is 3. The Kier molecular flexibility index (Phi) is 5.43. The summed E-state index contributed by atoms with van der Waals surface area (Å²) < 4.78 is 7.26. The number of thioether (sulfide) groups is 1. The topological polar surface area (TPSA) is 81.2 Å². The number of phenolic OH excluding ortho intramolecular Hbond substituents is 1. The van der Waals surface area contributed by atoms with E-state index in [-0.39, 0.29) is 10.8 Å². The van der Waals surface area contributed by atoms with E-state index in [2.05, 4.69) is 26.2 Å². The molecular formula is C19H16ClN3O3S2. The number of fused-ring (bicyclic) bond motifs is 1. The normalized spacial score (nSPS) is 11.4. The molecule has 28 heavy (non-hydrogen) atoms. The monoisotopic (exact) mass is 433 g/mol. The second-order valence-corrected chi connectivity index (χ2v) is 8.57. The van der Waals surface area contributed by atoms with Gasteiger partial charge in [0.05, 0.1) is 5.02 Å². The van der Waals surface area contributed by atoms with Crippen molar-refractivity contribution < 1.29 is 9.52 Å². The molecule has 0 aliphatic carbocycles. The van der Waals surface area contributed by atoms with Crippen molar-refractivity contribution in [2.45, 2.75) is 30.8 Å². The molecule has 0 radical (unpaired) electrons. The third kappa shape index (κ3) is 3.94. The highest BCUT2D eigenvalue weighted by molar-refractivity contribution is 7.98. The minimum Gasteiger partial charge on any atom is -0.506 e. The van der Waals surface area contributed by atoms with E-state index in [1.54, 1.807) is 17.4 Å². The van der Waals surface area contributed by atoms with E-state index in [1.165, 1.54) is 28.8 Å². The second-order valence-electron chi connectivity index (χ2n) is 6.19. The second kappa shape index (κ2) is 7.98. The van der Waals surface area contributed by atoms with Gasteiger partial charge in [-0.05, 0) is 36.4 Å². The Bertz CT molecular complexity index is 1190. The van der Waals surface area contributed by atoms with Gasteiger partial charge in [0.2, 0.25) is 0 Å². The predicted molar refractivity (Wildman–Crippen MR) is 112 cm³/mol. The Labute approximate surface area is 173 Å². The fraction of sp³-hybridized carbons (Fsp3) is 0.211. The lowest BCUT2D eigenvalue weighted by molar-refractivity contribution is 0.473. The number of rotatable bonds is 6. The molecule has 1 aromatic carbocycles. The molecule has 3 heterocycles. The number of benzene rings is 1. The minimum absolute atomic E-state index is 0.119. The van der Waals surface area contributed by atoms with Crippen LogP contribution in [0.5, 0.6) is 5.75 Å². The van der Waals surface area contributed by atoms with Gasteiger partial charge in [-0.2, -0.15) is 0 Å². The molecule has 0 saturated heterocycles. The molecule has 4 rings (SSSR count). The first-order valence-corrected chi connectivity index (χ1v) is 10.8. The summed E-state index contributed by atoms with van der Waals surface area (Å²) in [4.78, 5) is 13.2. The van der Waals surface area contributed by atoms with Crippen molar-refractivity contribution in [2.75, 3.05) is 0 Å². The maximum Gasteiger partial charge on any atom is 0.336 e. The molecule has 0 fully saturated rings. The van der Waals surface area contributed by atoms with Crippen molar-refractivity contribution in [2.24, 2.45) is 0 Å². The van der Waals surface area contributed by atoms with Gasteiger partial charge in [-0.15, -0.1) is 21.5 Å². The van der Waals surface area contributed by atoms with Crippen LogP contribution in [0.25, 0.3) is 11.0 Å². The summed E-state index contributed by atoms with van der Waals surface area (Å²) in [6.07, 6.45) is 0.914. The third-order valence-electron chi connectivity index (χ3n) is 4.32. The summed E-state index contributed by atoms with van der Waals surface area (Å²) in [5, 5.41) is 22.0. The van der Waals surface area contributed by atoms with E-state index in [1.807, 2.05) is 13.0 Å². The summed E-state index contributed by atoms with van der Waals surface area (Å²) >= 11 is 9.26. The Morgan fingerprint density at radius 2 is 2.18 bits per heavy atom. The first-order chi connectivity index (χ1) is 13.5. The van der Waals surface area contributed by atoms with Gasteiger partial charge in [0.25, 0.3) is 0 Å². The molecule has 144 valence electrons. The molecule has 9 heteroatoms. The third-order valence-corrected chi connectivity index (χ3v) is 6.57. The summed E-state index contributed by atoms with van der Waals surface area (Å²) in [6, 6.07) is 8.58. The van der Waals surface area contributed by atoms with Crippen LogP contribution < -0.4 is 5.63 Å². The molecule has 1 N–H and O–H groups in total. The molecular weight excluding hydrogens is 418 g/mol. The van der Waals surface area contributed by atoms with Crippen LogP contribution >= 0.6 is 34.7 Å². The highest BCUT2D eigenvalue weighted by atomic mass is 35.5. The van der Waals surface area contributed by atoms with Gasteiger partial charge >= 0.3 is 5.63 Å². The highest BCUT2D eigenvalue weighted by Gasteiger charge is 2.14. The lowest BCUT2D eigenvalue weighted by atomic mass is 10.1. The average Bonchev–Trinajstić information content (AvgIpc) is 3.29. The quantitative estimate of drug-likeness (QED) is 0.352. The van der Waals surface area contributed by atoms with Crippen LogP contribution in [0.15, 0.2) is 50.1 Å². The summed E-state index contributed by atoms with van der Waals surface area (Å²) in [6.45, 7) is 2.72. The van der Waals surface area contributed by atoms with Gasteiger partial charge in [0.15, 0.2) is 5.16 Å². The van der Waals surface area contributed by atoms with Crippen LogP contribution in [0.2, 0.25) is 5.02 Å². The van der Waals surface area contributed by atoms with E-state index < -0.39 is 5.63 Å². The number of aromatic nitrogens is 3. The zero-order valence-electron chi connectivity index (χ0n) is 14.9. The number of phenols is 1. The molecule has 0 aliphatic heterocycles. The van der Waals surface area contributed by atoms with Gasteiger partial charge in [-0.1, -0.05) is 29.4 Å². The summed E-state index contributed by atoms with van der Waals surface area (Å²) in [7, 11) is 0. The Morgan fingerprint density at radius 1 is 1.32 bits per heavy atom. The smallest absolute Gasteiger partial charge is 0.336 e. The highest BCUT2D eigenvalue weighted by Crippen LogP contribution is 2.32. The van der Waals surface area contributed by atoms with Crippen molar-refractivity contribution in [1.82, 2.24) is 14.8 Å². The van der Waals surface area contributed by atoms with Crippen LogP contribution in [0.3, 0.4) is 0 Å². The fourth-order valence-electron chi connectivity index (χ4n) is 2.90. The first-order valence-electron chi connectivity index (χ1n) is 8.51. The van der Waals surface area contributed by atoms with Crippen molar-refractivity contribution in [1.29, 1.82) is 0 Å². The number of thiophene rings is 1. The van der Waals surface area contributed by atoms with Crippen LogP contribution in [0.4, 0.5) is 0 Å². The molecule has 0 spiro atoms. The lowest BCUT2D eigenvalue weighted by Crippen LogP contribution is -2.05. The van der Waals surface area contributed by atoms with Gasteiger partial charge in [0.1, 0.15) is 17.2 Å². The Morgan fingerprint density at radius 3 is 2.96 bits per heavy atom. The van der Waals surface area contributed by atoms with Gasteiger partial charge in [-0.25, -0.2) is 4.79 Å². The Balaban J connectivity index is 1.58. The first kappa shape index (κ1) is 19.0. The molecule has 0 bridgehead atoms. The van der Waals surface area contributed by atoms with Crippen LogP contribution in [-0.2, 0) is 18.7 Å². The molecule has 0 aliphatic rings. The largest absolute Gasteiger partial charge is 0.506 e. The van der Waals surface area contributed by atoms with Crippen LogP contribution in [0.1, 0.15) is 16.3 Å². The molecule has 0 atom stereocenters. The molecule has 6 nitrogen and oxygen atoms in total. The van der Waals surface area contributed by atoms with E-state index in [9.17, 15) is 9.90 Å². The van der Waals surface area contributed by atoms with Crippen molar-refractivity contribution in [3.63, 3.8) is 0 Å². The van der Waals surface area contributed by atoms with Crippen LogP contribution in [-0.4, -0.2) is 19.9 Å². The zero-order valence-corrected chi connectivity index (χ0v) is 17.3. The predicted octanol–water partition coefficient (Wildman–Crippen LogP) is 4.65.